The molecule has 1 aliphatic carbocycles. The molecule has 0 saturated heterocycles. The zero-order valence-corrected chi connectivity index (χ0v) is 20.2. The van der Waals surface area contributed by atoms with Gasteiger partial charge in [0.1, 0.15) is 0 Å². The van der Waals surface area contributed by atoms with E-state index in [0.717, 1.165) is 5.69 Å². The van der Waals surface area contributed by atoms with E-state index in [2.05, 4.69) is 65.0 Å². The molecule has 0 radical (unpaired) electrons. The van der Waals surface area contributed by atoms with E-state index in [4.69, 9.17) is 4.99 Å². The largest absolute Gasteiger partial charge is 1.00 e. The molecule has 0 fully saturated rings. The van der Waals surface area contributed by atoms with E-state index in [9.17, 15) is 0 Å². The fourth-order valence-electron chi connectivity index (χ4n) is 3.57. The molecule has 0 N–H and O–H groups in total. The van der Waals surface area contributed by atoms with Crippen LogP contribution in [0.15, 0.2) is 35.3 Å². The summed E-state index contributed by atoms with van der Waals surface area (Å²) in [4.78, 5) is 5.00. The van der Waals surface area contributed by atoms with Crippen molar-refractivity contribution in [3.8, 4) is 0 Å². The molecule has 4 rings (SSSR count). The zero-order chi connectivity index (χ0) is 16.5. The van der Waals surface area contributed by atoms with Gasteiger partial charge in [-0.3, -0.25) is 0 Å². The smallest absolute Gasteiger partial charge is 1.00 e. The Balaban J connectivity index is 0.00000113. The van der Waals surface area contributed by atoms with Crippen molar-refractivity contribution < 1.29 is 61.9 Å². The van der Waals surface area contributed by atoms with E-state index in [1.54, 1.807) is 0 Å². The fourth-order valence-corrected chi connectivity index (χ4v) is 4.39. The Bertz CT molecular complexity index is 937. The number of nitrogens with zero attached hydrogens (tertiary/aromatic N) is 1. The molecule has 2 aromatic carbocycles. The third-order valence-electron chi connectivity index (χ3n) is 5.03. The number of halogens is 3. The number of rotatable bonds is 0. The Morgan fingerprint density at radius 2 is 1.54 bits per heavy atom. The first-order valence-electron chi connectivity index (χ1n) is 8.10. The van der Waals surface area contributed by atoms with Crippen molar-refractivity contribution >= 4 is 25.8 Å². The number of aryl methyl sites for hydroxylation is 1. The molecule has 1 aliphatic heterocycles. The van der Waals surface area contributed by atoms with Crippen LogP contribution in [0.1, 0.15) is 55.5 Å². The predicted molar refractivity (Wildman–Crippen MR) is 94.6 cm³/mol. The van der Waals surface area contributed by atoms with E-state index in [-0.39, 0.29) is 42.6 Å². The van der Waals surface area contributed by atoms with Gasteiger partial charge >= 0.3 is 154 Å². The van der Waals surface area contributed by atoms with Crippen LogP contribution < -0.4 is 40.5 Å². The second-order valence-electron chi connectivity index (χ2n) is 7.62. The van der Waals surface area contributed by atoms with Gasteiger partial charge in [0.05, 0.1) is 0 Å². The van der Waals surface area contributed by atoms with Crippen LogP contribution in [0.2, 0.25) is 0 Å². The maximum absolute atomic E-state index is 5.00. The normalized spacial score (nSPS) is 13.7. The van der Waals surface area contributed by atoms with Crippen molar-refractivity contribution in [2.24, 2.45) is 4.99 Å². The summed E-state index contributed by atoms with van der Waals surface area (Å²) >= 11 is 1.47. The van der Waals surface area contributed by atoms with Crippen LogP contribution in [0, 0.1) is 6.92 Å². The average Bonchev–Trinajstić information content (AvgIpc) is 2.99. The Morgan fingerprint density at radius 3 is 2.15 bits per heavy atom. The van der Waals surface area contributed by atoms with Crippen molar-refractivity contribution in [2.75, 3.05) is 0 Å². The van der Waals surface area contributed by atoms with Crippen molar-refractivity contribution in [1.29, 1.82) is 0 Å². The first-order chi connectivity index (χ1) is 10.8. The van der Waals surface area contributed by atoms with E-state index in [1.807, 2.05) is 0 Å². The molecule has 0 unspecified atom stereocenters. The van der Waals surface area contributed by atoms with Crippen molar-refractivity contribution in [2.45, 2.75) is 40.0 Å². The van der Waals surface area contributed by atoms with Gasteiger partial charge in [0.25, 0.3) is 0 Å². The molecule has 0 spiro atoms. The van der Waals surface area contributed by atoms with E-state index >= 15 is 0 Å². The van der Waals surface area contributed by atoms with Gasteiger partial charge in [0.2, 0.25) is 0 Å². The number of fused-ring (bicyclic) bond motifs is 5. The molecule has 1 heterocycles. The van der Waals surface area contributed by atoms with Crippen molar-refractivity contribution in [3.63, 3.8) is 0 Å². The summed E-state index contributed by atoms with van der Waals surface area (Å²) in [6.07, 6.45) is 0. The minimum absolute atomic E-state index is 0. The Hall–Kier alpha value is -0.397. The Labute approximate surface area is 189 Å². The maximum atomic E-state index is 5.00. The van der Waals surface area contributed by atoms with Crippen LogP contribution in [-0.4, -0.2) is 5.71 Å². The molecule has 26 heavy (non-hydrogen) atoms. The zero-order valence-electron chi connectivity index (χ0n) is 15.5. The molecule has 0 atom stereocenters. The summed E-state index contributed by atoms with van der Waals surface area (Å²) in [6, 6.07) is 11.3. The van der Waals surface area contributed by atoms with Gasteiger partial charge < -0.3 is 37.2 Å². The van der Waals surface area contributed by atoms with E-state index < -0.39 is 0 Å². The minimum Gasteiger partial charge on any atom is -1.00 e. The molecular weight excluding hydrogens is 464 g/mol. The second-order valence-corrected chi connectivity index (χ2v) is 8.85. The van der Waals surface area contributed by atoms with Crippen molar-refractivity contribution in [3.05, 3.63) is 58.1 Å². The number of allylic oxidation sites excluding steroid dienone is 2. The molecule has 0 saturated carbocycles. The molecule has 2 aliphatic rings. The first-order valence-corrected chi connectivity index (χ1v) is 9.32. The second kappa shape index (κ2) is 7.92. The predicted octanol–water partition coefficient (Wildman–Crippen LogP) is -4.14. The third kappa shape index (κ3) is 3.39. The van der Waals surface area contributed by atoms with Gasteiger partial charge in [-0.25, -0.2) is 0 Å². The molecule has 0 bridgehead atoms. The molecule has 5 heteroatoms. The summed E-state index contributed by atoms with van der Waals surface area (Å²) in [7, 11) is 0. The number of hydrogen-bond acceptors (Lipinski definition) is 1. The summed E-state index contributed by atoms with van der Waals surface area (Å²) in [5, 5.41) is 0. The summed E-state index contributed by atoms with van der Waals surface area (Å²) in [6.45, 7) is 11.3. The van der Waals surface area contributed by atoms with Crippen LogP contribution in [0.25, 0.3) is 11.1 Å². The van der Waals surface area contributed by atoms with Crippen LogP contribution in [0.3, 0.4) is 0 Å². The van der Waals surface area contributed by atoms with Crippen LogP contribution in [0.4, 0.5) is 5.69 Å². The van der Waals surface area contributed by atoms with Gasteiger partial charge in [-0.2, -0.15) is 0 Å². The minimum atomic E-state index is 0. The maximum Gasteiger partial charge on any atom is -1.00 e. The Morgan fingerprint density at radius 1 is 0.885 bits per heavy atom. The topological polar surface area (TPSA) is 12.4 Å². The Kier molecular flexibility index (Phi) is 7.20. The van der Waals surface area contributed by atoms with Gasteiger partial charge in [0, 0.05) is 0 Å². The fraction of sp³-hybridized carbons (Fsp3) is 0.286. The summed E-state index contributed by atoms with van der Waals surface area (Å²) in [5.41, 5.74) is 12.1. The van der Waals surface area contributed by atoms with Gasteiger partial charge in [-0.1, -0.05) is 0 Å². The molecule has 2 aromatic rings. The monoisotopic (exact) mass is 481 g/mol. The first kappa shape index (κ1) is 23.6. The standard InChI is InChI=1S/C21H20N.3ClH.Zr/c1-12-6-9-18-17(10-12)19-13(2)15-8-7-14(21(3,4)5)11-16(15)20(19)22-18;;;;/h6-9,11H,1-5H3;3*1H;/q;;;;+3/p-3. The SMILES string of the molecule is CC1=C2C(=Nc3ccc(C)[c]([Zr+3])c32)c2cc(C(C)(C)C)ccc21.[Cl-].[Cl-].[Cl-]. The number of hydrogen-bond donors (Lipinski definition) is 0. The van der Waals surface area contributed by atoms with Gasteiger partial charge in [-0.05, 0) is 0 Å². The van der Waals surface area contributed by atoms with Crippen LogP contribution in [0.5, 0.6) is 0 Å². The van der Waals surface area contributed by atoms with Crippen LogP contribution in [-0.2, 0) is 30.1 Å². The van der Waals surface area contributed by atoms with E-state index in [1.165, 1.54) is 72.7 Å². The molecule has 0 aromatic heterocycles. The molecule has 134 valence electrons. The van der Waals surface area contributed by atoms with Gasteiger partial charge in [0.15, 0.2) is 0 Å². The van der Waals surface area contributed by atoms with Gasteiger partial charge in [-0.15, -0.1) is 0 Å². The van der Waals surface area contributed by atoms with E-state index in [0.29, 0.717) is 0 Å². The summed E-state index contributed by atoms with van der Waals surface area (Å²) < 4.78 is 1.45. The summed E-state index contributed by atoms with van der Waals surface area (Å²) in [5.74, 6) is 0. The molecule has 0 amide bonds. The van der Waals surface area contributed by atoms with Crippen LogP contribution >= 0.6 is 0 Å². The quantitative estimate of drug-likeness (QED) is 0.361. The van der Waals surface area contributed by atoms with Crippen molar-refractivity contribution in [1.82, 2.24) is 0 Å². The average molecular weight is 484 g/mol. The number of aliphatic imine (C=N–C) groups is 1. The number of benzene rings is 2. The molecular formula is C21H20Cl3NZr. The third-order valence-corrected chi connectivity index (χ3v) is 6.61. The molecule has 1 nitrogen and oxygen atoms in total.